The van der Waals surface area contributed by atoms with Gasteiger partial charge in [0.25, 0.3) is 0 Å². The van der Waals surface area contributed by atoms with Crippen LogP contribution in [0.4, 0.5) is 0 Å². The molecule has 1 saturated carbocycles. The van der Waals surface area contributed by atoms with Crippen LogP contribution in [0.15, 0.2) is 23.1 Å². The average molecular weight is 313 g/mol. The van der Waals surface area contributed by atoms with Crippen molar-refractivity contribution in [1.29, 1.82) is 0 Å². The normalized spacial score (nSPS) is 24.7. The van der Waals surface area contributed by atoms with Crippen molar-refractivity contribution in [2.75, 3.05) is 26.8 Å². The van der Waals surface area contributed by atoms with Crippen LogP contribution in [0.2, 0.25) is 0 Å². The molecule has 0 spiro atoms. The number of rotatable bonds is 4. The van der Waals surface area contributed by atoms with Crippen LogP contribution in [-0.2, 0) is 10.0 Å². The van der Waals surface area contributed by atoms with E-state index in [9.17, 15) is 13.5 Å². The maximum absolute atomic E-state index is 12.5. The fourth-order valence-electron chi connectivity index (χ4n) is 2.68. The summed E-state index contributed by atoms with van der Waals surface area (Å²) >= 11 is 0. The van der Waals surface area contributed by atoms with Gasteiger partial charge in [0.15, 0.2) is 11.5 Å². The van der Waals surface area contributed by atoms with E-state index in [0.717, 1.165) is 0 Å². The first kappa shape index (κ1) is 14.6. The number of nitrogens with zero attached hydrogens (tertiary/aromatic N) is 1. The number of ether oxygens (including phenoxy) is 2. The minimum Gasteiger partial charge on any atom is -0.486 e. The van der Waals surface area contributed by atoms with Crippen molar-refractivity contribution in [2.24, 2.45) is 5.92 Å². The van der Waals surface area contributed by atoms with Crippen LogP contribution in [0, 0.1) is 5.92 Å². The SMILES string of the molecule is CN(CC1CC(O)C1)S(=O)(=O)c1ccc2c(c1)OCCO2. The minimum atomic E-state index is -3.55. The van der Waals surface area contributed by atoms with Gasteiger partial charge in [-0.3, -0.25) is 0 Å². The summed E-state index contributed by atoms with van der Waals surface area (Å²) in [4.78, 5) is 0.203. The molecule has 6 nitrogen and oxygen atoms in total. The van der Waals surface area contributed by atoms with Crippen LogP contribution in [-0.4, -0.2) is 50.7 Å². The Kier molecular flexibility index (Phi) is 3.81. The molecule has 0 bridgehead atoms. The Balaban J connectivity index is 1.77. The fraction of sp³-hybridized carbons (Fsp3) is 0.571. The number of aliphatic hydroxyl groups excluding tert-OH is 1. The molecule has 1 aromatic rings. The predicted molar refractivity (Wildman–Crippen MR) is 76.0 cm³/mol. The standard InChI is InChI=1S/C14H19NO5S/c1-15(9-10-6-11(16)7-10)21(17,18)12-2-3-13-14(8-12)20-5-4-19-13/h2-3,8,10-11,16H,4-7,9H2,1H3. The Morgan fingerprint density at radius 1 is 1.24 bits per heavy atom. The monoisotopic (exact) mass is 313 g/mol. The molecule has 1 aliphatic carbocycles. The van der Waals surface area contributed by atoms with E-state index in [4.69, 9.17) is 9.47 Å². The van der Waals surface area contributed by atoms with Crippen molar-refractivity contribution in [1.82, 2.24) is 4.31 Å². The lowest BCUT2D eigenvalue weighted by Crippen LogP contribution is -2.39. The van der Waals surface area contributed by atoms with Gasteiger partial charge in [-0.1, -0.05) is 0 Å². The molecule has 1 aromatic carbocycles. The zero-order chi connectivity index (χ0) is 15.0. The molecule has 1 heterocycles. The highest BCUT2D eigenvalue weighted by Gasteiger charge is 2.32. The summed E-state index contributed by atoms with van der Waals surface area (Å²) in [6, 6.07) is 4.67. The summed E-state index contributed by atoms with van der Waals surface area (Å²) in [5.41, 5.74) is 0. The number of hydrogen-bond donors (Lipinski definition) is 1. The largest absolute Gasteiger partial charge is 0.486 e. The quantitative estimate of drug-likeness (QED) is 0.892. The van der Waals surface area contributed by atoms with Gasteiger partial charge in [-0.2, -0.15) is 0 Å². The second kappa shape index (κ2) is 5.47. The third kappa shape index (κ3) is 2.86. The maximum atomic E-state index is 12.5. The van der Waals surface area contributed by atoms with Gasteiger partial charge >= 0.3 is 0 Å². The number of fused-ring (bicyclic) bond motifs is 1. The van der Waals surface area contributed by atoms with Crippen molar-refractivity contribution < 1.29 is 23.0 Å². The zero-order valence-electron chi connectivity index (χ0n) is 11.9. The van der Waals surface area contributed by atoms with Crippen molar-refractivity contribution in [3.05, 3.63) is 18.2 Å². The minimum absolute atomic E-state index is 0.203. The highest BCUT2D eigenvalue weighted by molar-refractivity contribution is 7.89. The molecule has 0 aromatic heterocycles. The van der Waals surface area contributed by atoms with Crippen LogP contribution in [0.25, 0.3) is 0 Å². The summed E-state index contributed by atoms with van der Waals surface area (Å²) in [5, 5.41) is 9.29. The molecular weight excluding hydrogens is 294 g/mol. The summed E-state index contributed by atoms with van der Waals surface area (Å²) in [5.74, 6) is 1.27. The Bertz CT molecular complexity index is 624. The Labute approximate surface area is 124 Å². The van der Waals surface area contributed by atoms with Crippen molar-refractivity contribution >= 4 is 10.0 Å². The van der Waals surface area contributed by atoms with E-state index >= 15 is 0 Å². The summed E-state index contributed by atoms with van der Waals surface area (Å²) in [7, 11) is -1.98. The summed E-state index contributed by atoms with van der Waals surface area (Å²) in [6.45, 7) is 1.32. The smallest absolute Gasteiger partial charge is 0.242 e. The molecular formula is C14H19NO5S. The molecule has 0 amide bonds. The lowest BCUT2D eigenvalue weighted by atomic mass is 9.82. The molecule has 7 heteroatoms. The molecule has 1 fully saturated rings. The predicted octanol–water partition coefficient (Wildman–Crippen LogP) is 0.849. The van der Waals surface area contributed by atoms with Crippen LogP contribution in [0.3, 0.4) is 0 Å². The highest BCUT2D eigenvalue weighted by Crippen LogP contribution is 2.34. The van der Waals surface area contributed by atoms with Gasteiger partial charge in [0.05, 0.1) is 11.0 Å². The van der Waals surface area contributed by atoms with E-state index in [1.165, 1.54) is 16.4 Å². The Morgan fingerprint density at radius 3 is 2.57 bits per heavy atom. The van der Waals surface area contributed by atoms with E-state index in [0.29, 0.717) is 44.1 Å². The second-order valence-electron chi connectivity index (χ2n) is 5.58. The zero-order valence-corrected chi connectivity index (χ0v) is 12.7. The van der Waals surface area contributed by atoms with Gasteiger partial charge in [0.2, 0.25) is 10.0 Å². The first-order valence-electron chi connectivity index (χ1n) is 7.01. The number of benzene rings is 1. The first-order chi connectivity index (χ1) is 9.96. The van der Waals surface area contributed by atoms with Crippen LogP contribution >= 0.6 is 0 Å². The molecule has 2 aliphatic rings. The van der Waals surface area contributed by atoms with E-state index in [-0.39, 0.29) is 16.9 Å². The van der Waals surface area contributed by atoms with Gasteiger partial charge in [-0.05, 0) is 30.9 Å². The van der Waals surface area contributed by atoms with E-state index < -0.39 is 10.0 Å². The summed E-state index contributed by atoms with van der Waals surface area (Å²) in [6.07, 6.45) is 1.06. The third-order valence-corrected chi connectivity index (χ3v) is 5.77. The van der Waals surface area contributed by atoms with E-state index in [1.54, 1.807) is 13.1 Å². The number of aliphatic hydroxyl groups is 1. The molecule has 21 heavy (non-hydrogen) atoms. The molecule has 0 unspecified atom stereocenters. The molecule has 3 rings (SSSR count). The fourth-order valence-corrected chi connectivity index (χ4v) is 3.94. The van der Waals surface area contributed by atoms with Gasteiger partial charge in [0.1, 0.15) is 13.2 Å². The van der Waals surface area contributed by atoms with Crippen LogP contribution in [0.5, 0.6) is 11.5 Å². The molecule has 0 saturated heterocycles. The number of sulfonamides is 1. The van der Waals surface area contributed by atoms with E-state index in [1.807, 2.05) is 0 Å². The molecule has 116 valence electrons. The molecule has 1 N–H and O–H groups in total. The van der Waals surface area contributed by atoms with Crippen molar-refractivity contribution in [3.63, 3.8) is 0 Å². The van der Waals surface area contributed by atoms with Crippen molar-refractivity contribution in [3.8, 4) is 11.5 Å². The first-order valence-corrected chi connectivity index (χ1v) is 8.45. The van der Waals surface area contributed by atoms with Crippen molar-refractivity contribution in [2.45, 2.75) is 23.8 Å². The molecule has 0 atom stereocenters. The van der Waals surface area contributed by atoms with Gasteiger partial charge in [0, 0.05) is 19.7 Å². The second-order valence-corrected chi connectivity index (χ2v) is 7.63. The number of hydrogen-bond acceptors (Lipinski definition) is 5. The average Bonchev–Trinajstić information content (AvgIpc) is 2.45. The Morgan fingerprint density at radius 2 is 1.90 bits per heavy atom. The lowest BCUT2D eigenvalue weighted by molar-refractivity contribution is 0.0367. The van der Waals surface area contributed by atoms with Gasteiger partial charge in [-0.25, -0.2) is 12.7 Å². The van der Waals surface area contributed by atoms with Gasteiger partial charge in [-0.15, -0.1) is 0 Å². The maximum Gasteiger partial charge on any atom is 0.242 e. The van der Waals surface area contributed by atoms with Crippen LogP contribution in [0.1, 0.15) is 12.8 Å². The molecule has 1 aliphatic heterocycles. The lowest BCUT2D eigenvalue weighted by Gasteiger charge is -2.34. The third-order valence-electron chi connectivity index (χ3n) is 3.95. The topological polar surface area (TPSA) is 76.1 Å². The molecule has 0 radical (unpaired) electrons. The highest BCUT2D eigenvalue weighted by atomic mass is 32.2. The summed E-state index contributed by atoms with van der Waals surface area (Å²) < 4.78 is 37.2. The Hall–Kier alpha value is -1.31. The van der Waals surface area contributed by atoms with Gasteiger partial charge < -0.3 is 14.6 Å². The van der Waals surface area contributed by atoms with E-state index in [2.05, 4.69) is 0 Å². The van der Waals surface area contributed by atoms with Crippen LogP contribution < -0.4 is 9.47 Å².